The first-order valence-electron chi connectivity index (χ1n) is 15.6. The number of carbonyl (C=O) groups excluding carboxylic acids is 6. The van der Waals surface area contributed by atoms with E-state index in [1.54, 1.807) is 12.1 Å². The van der Waals surface area contributed by atoms with Crippen LogP contribution >= 0.6 is 0 Å². The molecule has 16 heteroatoms. The van der Waals surface area contributed by atoms with Crippen LogP contribution < -0.4 is 15.1 Å². The van der Waals surface area contributed by atoms with E-state index in [4.69, 9.17) is 18.7 Å². The average Bonchev–Trinajstić information content (AvgIpc) is 3.64. The lowest BCUT2D eigenvalue weighted by Gasteiger charge is -2.35. The number of nitrogens with one attached hydrogen (secondary N) is 1. The van der Waals surface area contributed by atoms with Crippen LogP contribution in [0.15, 0.2) is 65.2 Å². The van der Waals surface area contributed by atoms with Crippen LogP contribution in [0.4, 0.5) is 21.6 Å². The van der Waals surface area contributed by atoms with Crippen LogP contribution in [0.5, 0.6) is 0 Å². The summed E-state index contributed by atoms with van der Waals surface area (Å²) in [6, 6.07) is 14.3. The monoisotopic (exact) mass is 685 g/mol. The number of nitrogens with zero attached hydrogens (tertiary/aromatic N) is 4. The Labute approximate surface area is 282 Å². The highest BCUT2D eigenvalue weighted by Crippen LogP contribution is 2.34. The second-order valence-corrected chi connectivity index (χ2v) is 11.6. The van der Waals surface area contributed by atoms with Gasteiger partial charge in [-0.15, -0.1) is 0 Å². The molecule has 0 saturated carbocycles. The maximum absolute atomic E-state index is 14.8. The lowest BCUT2D eigenvalue weighted by molar-refractivity contribution is -0.167. The fraction of sp³-hybridized carbons (Fsp3) is 0.265. The fourth-order valence-electron chi connectivity index (χ4n) is 6.05. The average molecular weight is 686 g/mol. The van der Waals surface area contributed by atoms with E-state index in [9.17, 15) is 33.2 Å². The van der Waals surface area contributed by atoms with Gasteiger partial charge in [0.05, 0.1) is 41.9 Å². The van der Waals surface area contributed by atoms with Crippen molar-refractivity contribution in [1.29, 1.82) is 0 Å². The summed E-state index contributed by atoms with van der Waals surface area (Å²) >= 11 is 0. The third-order valence-corrected chi connectivity index (χ3v) is 8.46. The summed E-state index contributed by atoms with van der Waals surface area (Å²) in [5, 5.41) is 6.81. The third kappa shape index (κ3) is 5.83. The summed E-state index contributed by atoms with van der Waals surface area (Å²) in [5.41, 5.74) is 0.682. The van der Waals surface area contributed by atoms with Gasteiger partial charge in [0.2, 0.25) is 6.10 Å². The van der Waals surface area contributed by atoms with Crippen molar-refractivity contribution in [3.63, 3.8) is 0 Å². The molecule has 50 heavy (non-hydrogen) atoms. The number of fused-ring (bicyclic) bond motifs is 2. The van der Waals surface area contributed by atoms with Crippen molar-refractivity contribution >= 4 is 63.7 Å². The number of amides is 5. The van der Waals surface area contributed by atoms with E-state index in [0.29, 0.717) is 18.6 Å². The Hall–Kier alpha value is -6.00. The van der Waals surface area contributed by atoms with Gasteiger partial charge >= 0.3 is 5.97 Å². The number of imide groups is 1. The second-order valence-electron chi connectivity index (χ2n) is 11.6. The largest absolute Gasteiger partial charge is 0.449 e. The SMILES string of the molecule is CC(=O)O[C@@H](C(=O)Nc1ccc2c(N3C(=O)c4ccccc4C3=O)noc2c1)[C@H]1OCCN(c2ccc(F)c(C(=O)N3CCOCC3)c2)C1=O. The van der Waals surface area contributed by atoms with E-state index >= 15 is 0 Å². The summed E-state index contributed by atoms with van der Waals surface area (Å²) in [4.78, 5) is 82.1. The molecule has 4 aromatic rings. The molecular weight excluding hydrogens is 657 g/mol. The van der Waals surface area contributed by atoms with Crippen molar-refractivity contribution in [3.8, 4) is 0 Å². The standard InChI is InChI=1S/C34H28FN5O10/c1-18(41)49-27(28-34(46)39(12-15-48-28)20-7-9-25(35)24(17-20)31(43)38-10-13-47-14-11-38)30(42)36-19-6-8-23-26(16-19)50-37-29(23)40-32(44)21-4-2-3-5-22(21)33(40)45/h2-9,16-17,27-28H,10-15H2,1H3,(H,36,42)/t27-,28-/m1/s1. The summed E-state index contributed by atoms with van der Waals surface area (Å²) in [6.45, 7) is 2.22. The second kappa shape index (κ2) is 13.1. The quantitative estimate of drug-likeness (QED) is 0.223. The van der Waals surface area contributed by atoms with Gasteiger partial charge in [0, 0.05) is 44.0 Å². The number of carbonyl (C=O) groups is 6. The number of esters is 1. The van der Waals surface area contributed by atoms with E-state index in [0.717, 1.165) is 17.9 Å². The smallest absolute Gasteiger partial charge is 0.303 e. The van der Waals surface area contributed by atoms with E-state index < -0.39 is 53.5 Å². The number of benzene rings is 3. The van der Waals surface area contributed by atoms with E-state index in [2.05, 4.69) is 10.5 Å². The lowest BCUT2D eigenvalue weighted by atomic mass is 10.1. The number of ether oxygens (including phenoxy) is 3. The zero-order valence-corrected chi connectivity index (χ0v) is 26.4. The highest BCUT2D eigenvalue weighted by atomic mass is 19.1. The molecule has 256 valence electrons. The summed E-state index contributed by atoms with van der Waals surface area (Å²) in [7, 11) is 0. The van der Waals surface area contributed by atoms with Crippen LogP contribution in [-0.2, 0) is 28.6 Å². The van der Waals surface area contributed by atoms with E-state index in [1.807, 2.05) is 0 Å². The number of hydrogen-bond donors (Lipinski definition) is 1. The van der Waals surface area contributed by atoms with Gasteiger partial charge in [-0.1, -0.05) is 17.3 Å². The van der Waals surface area contributed by atoms with Crippen LogP contribution in [0.25, 0.3) is 11.0 Å². The molecule has 1 N–H and O–H groups in total. The maximum Gasteiger partial charge on any atom is 0.303 e. The molecule has 5 amide bonds. The highest BCUT2D eigenvalue weighted by Gasteiger charge is 2.43. The molecule has 7 rings (SSSR count). The van der Waals surface area contributed by atoms with Gasteiger partial charge in [0.15, 0.2) is 17.5 Å². The number of anilines is 3. The molecule has 3 aromatic carbocycles. The molecule has 0 unspecified atom stereocenters. The van der Waals surface area contributed by atoms with Gasteiger partial charge in [-0.3, -0.25) is 28.8 Å². The van der Waals surface area contributed by atoms with Crippen LogP contribution in [0.1, 0.15) is 38.0 Å². The summed E-state index contributed by atoms with van der Waals surface area (Å²) in [5.74, 6) is -5.01. The predicted molar refractivity (Wildman–Crippen MR) is 171 cm³/mol. The molecule has 2 fully saturated rings. The molecule has 2 atom stereocenters. The molecule has 3 aliphatic rings. The Morgan fingerprint density at radius 3 is 2.36 bits per heavy atom. The Morgan fingerprint density at radius 2 is 1.66 bits per heavy atom. The number of morpholine rings is 2. The van der Waals surface area contributed by atoms with Crippen molar-refractivity contribution in [2.75, 3.05) is 54.6 Å². The zero-order chi connectivity index (χ0) is 35.1. The number of aromatic nitrogens is 1. The van der Waals surface area contributed by atoms with Crippen molar-refractivity contribution < 1.29 is 51.9 Å². The number of hydrogen-bond acceptors (Lipinski definition) is 11. The predicted octanol–water partition coefficient (Wildman–Crippen LogP) is 2.54. The Bertz CT molecular complexity index is 2040. The molecule has 0 aliphatic carbocycles. The van der Waals surface area contributed by atoms with E-state index in [-0.39, 0.29) is 65.7 Å². The number of rotatable bonds is 7. The zero-order valence-electron chi connectivity index (χ0n) is 26.4. The molecule has 1 aromatic heterocycles. The minimum Gasteiger partial charge on any atom is -0.449 e. The summed E-state index contributed by atoms with van der Waals surface area (Å²) in [6.07, 6.45) is -3.34. The topological polar surface area (TPSA) is 178 Å². The molecular formula is C34H28FN5O10. The van der Waals surface area contributed by atoms with Crippen molar-refractivity contribution in [3.05, 3.63) is 83.2 Å². The molecule has 0 radical (unpaired) electrons. The first-order valence-corrected chi connectivity index (χ1v) is 15.6. The molecule has 0 bridgehead atoms. The first kappa shape index (κ1) is 32.5. The van der Waals surface area contributed by atoms with Gasteiger partial charge < -0.3 is 33.9 Å². The fourth-order valence-corrected chi connectivity index (χ4v) is 6.05. The van der Waals surface area contributed by atoms with Gasteiger partial charge in [0.1, 0.15) is 5.82 Å². The molecule has 0 spiro atoms. The van der Waals surface area contributed by atoms with Gasteiger partial charge in [-0.05, 0) is 42.5 Å². The Kier molecular flexibility index (Phi) is 8.55. The van der Waals surface area contributed by atoms with Gasteiger partial charge in [-0.25, -0.2) is 9.29 Å². The van der Waals surface area contributed by atoms with Crippen molar-refractivity contribution in [2.24, 2.45) is 0 Å². The van der Waals surface area contributed by atoms with Crippen LogP contribution in [0.3, 0.4) is 0 Å². The lowest BCUT2D eigenvalue weighted by Crippen LogP contribution is -2.56. The molecule has 15 nitrogen and oxygen atoms in total. The van der Waals surface area contributed by atoms with Crippen LogP contribution in [-0.4, -0.2) is 97.2 Å². The normalized spacial score (nSPS) is 18.3. The molecule has 4 heterocycles. The van der Waals surface area contributed by atoms with Gasteiger partial charge in [-0.2, -0.15) is 0 Å². The number of halogens is 1. The van der Waals surface area contributed by atoms with E-state index in [1.165, 1.54) is 52.3 Å². The van der Waals surface area contributed by atoms with Crippen molar-refractivity contribution in [2.45, 2.75) is 19.1 Å². The minimum absolute atomic E-state index is 0.0121. The third-order valence-electron chi connectivity index (χ3n) is 8.46. The van der Waals surface area contributed by atoms with Crippen LogP contribution in [0, 0.1) is 5.82 Å². The Balaban J connectivity index is 1.10. The van der Waals surface area contributed by atoms with Crippen molar-refractivity contribution in [1.82, 2.24) is 10.1 Å². The Morgan fingerprint density at radius 1 is 0.940 bits per heavy atom. The maximum atomic E-state index is 14.8. The first-order chi connectivity index (χ1) is 24.1. The highest BCUT2D eigenvalue weighted by molar-refractivity contribution is 6.35. The molecule has 3 aliphatic heterocycles. The summed E-state index contributed by atoms with van der Waals surface area (Å²) < 4.78 is 36.4. The van der Waals surface area contributed by atoms with Crippen LogP contribution in [0.2, 0.25) is 0 Å². The van der Waals surface area contributed by atoms with Gasteiger partial charge in [0.25, 0.3) is 29.5 Å². The minimum atomic E-state index is -1.75. The molecule has 2 saturated heterocycles.